The average molecular weight is 433 g/mol. The van der Waals surface area contributed by atoms with Gasteiger partial charge in [0.25, 0.3) is 5.56 Å². The fraction of sp³-hybridized carbons (Fsp3) is 0.222. The Balaban J connectivity index is 1.68. The molecule has 1 aliphatic heterocycles. The molecule has 2 N–H and O–H groups in total. The van der Waals surface area contributed by atoms with E-state index in [4.69, 9.17) is 0 Å². The Labute approximate surface area is 169 Å². The summed E-state index contributed by atoms with van der Waals surface area (Å²) in [4.78, 5) is 45.2. The highest BCUT2D eigenvalue weighted by atomic mass is 32.2. The van der Waals surface area contributed by atoms with Gasteiger partial charge in [-0.3, -0.25) is 19.6 Å². The molecule has 1 atom stereocenters. The quantitative estimate of drug-likeness (QED) is 0.602. The maximum absolute atomic E-state index is 14.1. The molecular formula is C18H16FN5O5S. The topological polar surface area (TPSA) is 136 Å². The summed E-state index contributed by atoms with van der Waals surface area (Å²) < 4.78 is 41.1. The first-order valence-corrected chi connectivity index (χ1v) is 10.3. The molecule has 1 fully saturated rings. The Morgan fingerprint density at radius 2 is 1.93 bits per heavy atom. The van der Waals surface area contributed by atoms with Crippen molar-refractivity contribution >= 4 is 32.7 Å². The van der Waals surface area contributed by atoms with Gasteiger partial charge in [-0.05, 0) is 24.6 Å². The Morgan fingerprint density at radius 1 is 1.20 bits per heavy atom. The van der Waals surface area contributed by atoms with Gasteiger partial charge in [0.15, 0.2) is 0 Å². The Kier molecular flexibility index (Phi) is 4.74. The van der Waals surface area contributed by atoms with Crippen molar-refractivity contribution in [3.8, 4) is 0 Å². The second-order valence-electron chi connectivity index (χ2n) is 6.74. The van der Waals surface area contributed by atoms with Crippen molar-refractivity contribution in [3.63, 3.8) is 0 Å². The summed E-state index contributed by atoms with van der Waals surface area (Å²) in [6.07, 6.45) is 1.16. The number of fused-ring (bicyclic) bond motifs is 1. The highest BCUT2D eigenvalue weighted by Gasteiger charge is 2.41. The van der Waals surface area contributed by atoms with Crippen LogP contribution in [0.25, 0.3) is 11.0 Å². The number of sulfonamides is 1. The van der Waals surface area contributed by atoms with Gasteiger partial charge >= 0.3 is 5.69 Å². The van der Waals surface area contributed by atoms with Crippen LogP contribution in [-0.4, -0.2) is 53.2 Å². The van der Waals surface area contributed by atoms with Gasteiger partial charge in [0.2, 0.25) is 15.9 Å². The van der Waals surface area contributed by atoms with E-state index in [1.54, 1.807) is 6.07 Å². The number of carbonyl (C=O) groups excluding carboxylic acids is 1. The van der Waals surface area contributed by atoms with Gasteiger partial charge in [-0.15, -0.1) is 0 Å². The summed E-state index contributed by atoms with van der Waals surface area (Å²) >= 11 is 0. The molecule has 0 aliphatic carbocycles. The molecule has 12 heteroatoms. The fourth-order valence-electron chi connectivity index (χ4n) is 3.41. The summed E-state index contributed by atoms with van der Waals surface area (Å²) in [5, 5.41) is -0.116. The average Bonchev–Trinajstić information content (AvgIpc) is 3.08. The van der Waals surface area contributed by atoms with Crippen LogP contribution >= 0.6 is 0 Å². The van der Waals surface area contributed by atoms with Crippen LogP contribution in [-0.2, 0) is 14.8 Å². The predicted molar refractivity (Wildman–Crippen MR) is 105 cm³/mol. The minimum atomic E-state index is -4.20. The molecule has 0 spiro atoms. The Hall–Kier alpha value is -3.38. The van der Waals surface area contributed by atoms with Crippen LogP contribution in [0.15, 0.2) is 51.0 Å². The van der Waals surface area contributed by atoms with E-state index in [2.05, 4.69) is 9.97 Å². The SMILES string of the molecule is CN(C1CCN(c2ccccc2F)C1=O)S(=O)(=O)c1cnc2[nH]c(=O)[nH]c(=O)c2c1. The van der Waals surface area contributed by atoms with Crippen LogP contribution in [0.2, 0.25) is 0 Å². The first-order chi connectivity index (χ1) is 14.2. The molecule has 30 heavy (non-hydrogen) atoms. The van der Waals surface area contributed by atoms with Crippen molar-refractivity contribution in [3.05, 3.63) is 63.2 Å². The van der Waals surface area contributed by atoms with Crippen molar-refractivity contribution in [1.29, 1.82) is 0 Å². The summed E-state index contributed by atoms with van der Waals surface area (Å²) in [6, 6.07) is 5.79. The number of aromatic amines is 2. The molecule has 156 valence electrons. The van der Waals surface area contributed by atoms with Crippen LogP contribution in [0.3, 0.4) is 0 Å². The number of aromatic nitrogens is 3. The number of amides is 1. The molecule has 1 aromatic carbocycles. The van der Waals surface area contributed by atoms with E-state index in [0.717, 1.165) is 16.6 Å². The number of halogens is 1. The smallest absolute Gasteiger partial charge is 0.308 e. The number of rotatable bonds is 4. The largest absolute Gasteiger partial charge is 0.327 e. The first kappa shape index (κ1) is 19.9. The summed E-state index contributed by atoms with van der Waals surface area (Å²) in [7, 11) is -2.96. The number of H-pyrrole nitrogens is 2. The molecule has 0 bridgehead atoms. The molecule has 1 saturated heterocycles. The second kappa shape index (κ2) is 7.15. The molecule has 3 heterocycles. The van der Waals surface area contributed by atoms with Crippen molar-refractivity contribution < 1.29 is 17.6 Å². The first-order valence-electron chi connectivity index (χ1n) is 8.86. The molecule has 3 aromatic rings. The highest BCUT2D eigenvalue weighted by Crippen LogP contribution is 2.28. The zero-order valence-electron chi connectivity index (χ0n) is 15.6. The maximum Gasteiger partial charge on any atom is 0.327 e. The number of nitrogens with zero attached hydrogens (tertiary/aromatic N) is 3. The summed E-state index contributed by atoms with van der Waals surface area (Å²) in [6.45, 7) is 0.154. The van der Waals surface area contributed by atoms with Crippen molar-refractivity contribution in [2.45, 2.75) is 17.4 Å². The molecule has 2 aromatic heterocycles. The third-order valence-electron chi connectivity index (χ3n) is 5.00. The molecule has 1 aliphatic rings. The molecular weight excluding hydrogens is 417 g/mol. The molecule has 0 saturated carbocycles. The second-order valence-corrected chi connectivity index (χ2v) is 8.74. The van der Waals surface area contributed by atoms with E-state index in [9.17, 15) is 27.2 Å². The van der Waals surface area contributed by atoms with Crippen LogP contribution in [0, 0.1) is 5.82 Å². The van der Waals surface area contributed by atoms with Crippen LogP contribution in [0.4, 0.5) is 10.1 Å². The van der Waals surface area contributed by atoms with Crippen molar-refractivity contribution in [2.24, 2.45) is 0 Å². The van der Waals surface area contributed by atoms with Crippen molar-refractivity contribution in [2.75, 3.05) is 18.5 Å². The van der Waals surface area contributed by atoms with Gasteiger partial charge in [-0.2, -0.15) is 4.31 Å². The predicted octanol–water partition coefficient (Wildman–Crippen LogP) is 0.176. The van der Waals surface area contributed by atoms with Gasteiger partial charge in [-0.1, -0.05) is 12.1 Å². The number of carbonyl (C=O) groups is 1. The fourth-order valence-corrected chi connectivity index (χ4v) is 4.73. The minimum absolute atomic E-state index is 0.0620. The lowest BCUT2D eigenvalue weighted by Crippen LogP contribution is -2.43. The number of pyridine rings is 1. The number of nitrogens with one attached hydrogen (secondary N) is 2. The van der Waals surface area contributed by atoms with E-state index < -0.39 is 39.0 Å². The maximum atomic E-state index is 14.1. The lowest BCUT2D eigenvalue weighted by atomic mass is 10.2. The van der Waals surface area contributed by atoms with Crippen molar-refractivity contribution in [1.82, 2.24) is 19.3 Å². The Bertz CT molecular complexity index is 1380. The lowest BCUT2D eigenvalue weighted by Gasteiger charge is -2.23. The zero-order valence-corrected chi connectivity index (χ0v) is 16.4. The number of likely N-dealkylation sites (N-methyl/N-ethyl adjacent to an activating group) is 1. The van der Waals surface area contributed by atoms with Crippen LogP contribution in [0.5, 0.6) is 0 Å². The van der Waals surface area contributed by atoms with E-state index in [-0.39, 0.29) is 34.6 Å². The zero-order chi connectivity index (χ0) is 21.6. The third-order valence-corrected chi connectivity index (χ3v) is 6.83. The van der Waals surface area contributed by atoms with Gasteiger partial charge in [-0.25, -0.2) is 22.6 Å². The van der Waals surface area contributed by atoms with E-state index in [1.165, 1.54) is 30.1 Å². The van der Waals surface area contributed by atoms with Gasteiger partial charge in [0.05, 0.1) is 11.1 Å². The van der Waals surface area contributed by atoms with Gasteiger partial charge in [0, 0.05) is 19.8 Å². The number of benzene rings is 1. The Morgan fingerprint density at radius 3 is 2.67 bits per heavy atom. The number of hydrogen-bond acceptors (Lipinski definition) is 6. The molecule has 1 amide bonds. The lowest BCUT2D eigenvalue weighted by molar-refractivity contribution is -0.120. The minimum Gasteiger partial charge on any atom is -0.308 e. The van der Waals surface area contributed by atoms with Gasteiger partial charge < -0.3 is 4.90 Å². The molecule has 0 radical (unpaired) electrons. The summed E-state index contributed by atoms with van der Waals surface area (Å²) in [5.41, 5.74) is -1.53. The molecule has 4 rings (SSSR count). The number of hydrogen-bond donors (Lipinski definition) is 2. The van der Waals surface area contributed by atoms with E-state index >= 15 is 0 Å². The standard InChI is InChI=1S/C18H16FN5O5S/c1-23(14-6-7-24(17(14)26)13-5-3-2-4-12(13)19)30(28,29)10-8-11-15(20-9-10)21-18(27)22-16(11)25/h2-5,8-9,14H,6-7H2,1H3,(H2,20,21,22,25,27). The highest BCUT2D eigenvalue weighted by molar-refractivity contribution is 7.89. The normalized spacial score (nSPS) is 17.2. The monoisotopic (exact) mass is 433 g/mol. The number of anilines is 1. The van der Waals surface area contributed by atoms with Crippen LogP contribution < -0.4 is 16.1 Å². The number of para-hydroxylation sites is 1. The summed E-state index contributed by atoms with van der Waals surface area (Å²) in [5.74, 6) is -1.13. The molecule has 1 unspecified atom stereocenters. The van der Waals surface area contributed by atoms with Crippen LogP contribution in [0.1, 0.15) is 6.42 Å². The van der Waals surface area contributed by atoms with E-state index in [0.29, 0.717) is 0 Å². The third kappa shape index (κ3) is 3.19. The van der Waals surface area contributed by atoms with Gasteiger partial charge in [0.1, 0.15) is 22.4 Å². The van der Waals surface area contributed by atoms with E-state index in [1.807, 2.05) is 4.98 Å². The molecule has 10 nitrogen and oxygen atoms in total.